The van der Waals surface area contributed by atoms with Gasteiger partial charge in [0.2, 0.25) is 5.91 Å². The van der Waals surface area contributed by atoms with Crippen LogP contribution in [0.15, 0.2) is 24.4 Å². The third-order valence-corrected chi connectivity index (χ3v) is 3.30. The number of halogens is 2. The normalized spacial score (nSPS) is 10.8. The Morgan fingerprint density at radius 3 is 2.75 bits per heavy atom. The predicted octanol–water partition coefficient (Wildman–Crippen LogP) is 4.02. The first-order chi connectivity index (χ1) is 9.45. The number of rotatable bonds is 4. The van der Waals surface area contributed by atoms with Crippen molar-refractivity contribution < 1.29 is 4.79 Å². The van der Waals surface area contributed by atoms with Crippen LogP contribution >= 0.6 is 23.2 Å². The van der Waals surface area contributed by atoms with Crippen LogP contribution in [0.2, 0.25) is 10.0 Å². The van der Waals surface area contributed by atoms with Crippen molar-refractivity contribution in [1.82, 2.24) is 9.97 Å². The highest BCUT2D eigenvalue weighted by atomic mass is 35.5. The largest absolute Gasteiger partial charge is 0.345 e. The van der Waals surface area contributed by atoms with Crippen molar-refractivity contribution in [3.63, 3.8) is 0 Å². The van der Waals surface area contributed by atoms with Crippen LogP contribution in [0, 0.1) is 0 Å². The van der Waals surface area contributed by atoms with Gasteiger partial charge in [0.05, 0.1) is 17.1 Å². The van der Waals surface area contributed by atoms with E-state index in [2.05, 4.69) is 15.3 Å². The number of nitrogens with one attached hydrogen (secondary N) is 2. The highest BCUT2D eigenvalue weighted by Gasteiger charge is 2.10. The van der Waals surface area contributed by atoms with Gasteiger partial charge in [0, 0.05) is 22.8 Å². The fourth-order valence-corrected chi connectivity index (χ4v) is 2.17. The van der Waals surface area contributed by atoms with Gasteiger partial charge < -0.3 is 10.3 Å². The lowest BCUT2D eigenvalue weighted by Gasteiger charge is -2.06. The third-order valence-electron chi connectivity index (χ3n) is 2.75. The number of amides is 1. The average molecular weight is 312 g/mol. The van der Waals surface area contributed by atoms with Crippen molar-refractivity contribution in [2.24, 2.45) is 0 Å². The molecule has 2 aromatic rings. The summed E-state index contributed by atoms with van der Waals surface area (Å²) < 4.78 is 0. The summed E-state index contributed by atoms with van der Waals surface area (Å²) in [4.78, 5) is 19.3. The van der Waals surface area contributed by atoms with E-state index in [1.54, 1.807) is 24.4 Å². The minimum absolute atomic E-state index is 0.159. The highest BCUT2D eigenvalue weighted by Crippen LogP contribution is 2.25. The fourth-order valence-electron chi connectivity index (χ4n) is 1.72. The van der Waals surface area contributed by atoms with Crippen LogP contribution in [-0.4, -0.2) is 15.9 Å². The van der Waals surface area contributed by atoms with Crippen LogP contribution in [0.3, 0.4) is 0 Å². The lowest BCUT2D eigenvalue weighted by atomic mass is 10.2. The van der Waals surface area contributed by atoms with Gasteiger partial charge in [-0.3, -0.25) is 4.79 Å². The lowest BCUT2D eigenvalue weighted by Crippen LogP contribution is -2.15. The topological polar surface area (TPSA) is 57.8 Å². The lowest BCUT2D eigenvalue weighted by molar-refractivity contribution is -0.115. The minimum atomic E-state index is -0.159. The number of hydrogen-bond donors (Lipinski definition) is 2. The SMILES string of the molecule is CC(C)c1ncc(CC(=O)Nc2ccc(Cl)cc2Cl)[nH]1. The molecule has 2 rings (SSSR count). The molecule has 0 aliphatic heterocycles. The summed E-state index contributed by atoms with van der Waals surface area (Å²) in [6.45, 7) is 4.08. The van der Waals surface area contributed by atoms with Gasteiger partial charge in [0.1, 0.15) is 5.82 Å². The quantitative estimate of drug-likeness (QED) is 0.896. The monoisotopic (exact) mass is 311 g/mol. The highest BCUT2D eigenvalue weighted by molar-refractivity contribution is 6.36. The molecule has 0 bridgehead atoms. The number of benzene rings is 1. The van der Waals surface area contributed by atoms with E-state index in [1.807, 2.05) is 13.8 Å². The molecule has 6 heteroatoms. The van der Waals surface area contributed by atoms with Crippen molar-refractivity contribution >= 4 is 34.8 Å². The summed E-state index contributed by atoms with van der Waals surface area (Å²) in [5.74, 6) is 1.02. The van der Waals surface area contributed by atoms with E-state index in [4.69, 9.17) is 23.2 Å². The first-order valence-electron chi connectivity index (χ1n) is 6.24. The van der Waals surface area contributed by atoms with Gasteiger partial charge in [0.15, 0.2) is 0 Å². The molecule has 0 saturated carbocycles. The molecule has 2 N–H and O–H groups in total. The average Bonchev–Trinajstić information content (AvgIpc) is 2.81. The maximum absolute atomic E-state index is 11.9. The first-order valence-corrected chi connectivity index (χ1v) is 7.00. The molecule has 0 aliphatic carbocycles. The van der Waals surface area contributed by atoms with Gasteiger partial charge in [0.25, 0.3) is 0 Å². The zero-order valence-electron chi connectivity index (χ0n) is 11.2. The number of nitrogens with zero attached hydrogens (tertiary/aromatic N) is 1. The number of H-pyrrole nitrogens is 1. The molecule has 1 aromatic carbocycles. The number of aromatic nitrogens is 2. The van der Waals surface area contributed by atoms with Gasteiger partial charge in [-0.15, -0.1) is 0 Å². The Morgan fingerprint density at radius 1 is 1.40 bits per heavy atom. The van der Waals surface area contributed by atoms with Crippen molar-refractivity contribution in [3.05, 3.63) is 46.0 Å². The molecule has 1 amide bonds. The van der Waals surface area contributed by atoms with Gasteiger partial charge in [-0.05, 0) is 18.2 Å². The molecule has 1 aromatic heterocycles. The Labute approximate surface area is 127 Å². The smallest absolute Gasteiger partial charge is 0.230 e. The van der Waals surface area contributed by atoms with E-state index >= 15 is 0 Å². The summed E-state index contributed by atoms with van der Waals surface area (Å²) >= 11 is 11.8. The Balaban J connectivity index is 2.01. The van der Waals surface area contributed by atoms with E-state index in [0.717, 1.165) is 11.5 Å². The Kier molecular flexibility index (Phi) is 4.68. The molecule has 0 saturated heterocycles. The van der Waals surface area contributed by atoms with E-state index in [0.29, 0.717) is 21.7 Å². The molecule has 1 heterocycles. The Morgan fingerprint density at radius 2 is 2.15 bits per heavy atom. The van der Waals surface area contributed by atoms with E-state index in [-0.39, 0.29) is 12.3 Å². The molecule has 0 fully saturated rings. The van der Waals surface area contributed by atoms with Gasteiger partial charge in [-0.1, -0.05) is 37.0 Å². The second-order valence-electron chi connectivity index (χ2n) is 4.80. The van der Waals surface area contributed by atoms with E-state index in [1.165, 1.54) is 0 Å². The molecule has 20 heavy (non-hydrogen) atoms. The van der Waals surface area contributed by atoms with Gasteiger partial charge in [-0.25, -0.2) is 4.98 Å². The predicted molar refractivity (Wildman–Crippen MR) is 81.5 cm³/mol. The number of aromatic amines is 1. The molecular weight excluding hydrogens is 297 g/mol. The van der Waals surface area contributed by atoms with Crippen molar-refractivity contribution in [1.29, 1.82) is 0 Å². The maximum Gasteiger partial charge on any atom is 0.230 e. The molecule has 0 spiro atoms. The van der Waals surface area contributed by atoms with Crippen molar-refractivity contribution in [2.45, 2.75) is 26.2 Å². The number of carbonyl (C=O) groups excluding carboxylic acids is 1. The summed E-state index contributed by atoms with van der Waals surface area (Å²) in [5, 5.41) is 3.69. The van der Waals surface area contributed by atoms with Crippen molar-refractivity contribution in [2.75, 3.05) is 5.32 Å². The zero-order chi connectivity index (χ0) is 14.7. The van der Waals surface area contributed by atoms with Crippen LogP contribution in [0.5, 0.6) is 0 Å². The number of imidazole rings is 1. The summed E-state index contributed by atoms with van der Waals surface area (Å²) in [7, 11) is 0. The number of hydrogen-bond acceptors (Lipinski definition) is 2. The van der Waals surface area contributed by atoms with Crippen LogP contribution in [0.25, 0.3) is 0 Å². The second kappa shape index (κ2) is 6.29. The summed E-state index contributed by atoms with van der Waals surface area (Å²) in [5.41, 5.74) is 1.32. The van der Waals surface area contributed by atoms with Gasteiger partial charge in [-0.2, -0.15) is 0 Å². The molecule has 0 unspecified atom stereocenters. The Bertz CT molecular complexity index is 623. The molecule has 4 nitrogen and oxygen atoms in total. The van der Waals surface area contributed by atoms with E-state index < -0.39 is 0 Å². The zero-order valence-corrected chi connectivity index (χ0v) is 12.7. The second-order valence-corrected chi connectivity index (χ2v) is 5.64. The summed E-state index contributed by atoms with van der Waals surface area (Å²) in [6.07, 6.45) is 1.90. The third kappa shape index (κ3) is 3.74. The number of anilines is 1. The van der Waals surface area contributed by atoms with Crippen molar-refractivity contribution in [3.8, 4) is 0 Å². The standard InChI is InChI=1S/C14H15Cl2N3O/c1-8(2)14-17-7-10(18-14)6-13(20)19-12-4-3-9(15)5-11(12)16/h3-5,7-8H,6H2,1-2H3,(H,17,18)(H,19,20). The molecule has 0 radical (unpaired) electrons. The molecule has 0 atom stereocenters. The first kappa shape index (κ1) is 14.9. The maximum atomic E-state index is 11.9. The molecular formula is C14H15Cl2N3O. The fraction of sp³-hybridized carbons (Fsp3) is 0.286. The summed E-state index contributed by atoms with van der Waals surface area (Å²) in [6, 6.07) is 4.94. The van der Waals surface area contributed by atoms with Crippen LogP contribution in [0.4, 0.5) is 5.69 Å². The van der Waals surface area contributed by atoms with Crippen LogP contribution < -0.4 is 5.32 Å². The molecule has 0 aliphatic rings. The van der Waals surface area contributed by atoms with Crippen LogP contribution in [-0.2, 0) is 11.2 Å². The van der Waals surface area contributed by atoms with Crippen LogP contribution in [0.1, 0.15) is 31.3 Å². The van der Waals surface area contributed by atoms with Gasteiger partial charge >= 0.3 is 0 Å². The number of carbonyl (C=O) groups is 1. The minimum Gasteiger partial charge on any atom is -0.345 e. The Hall–Kier alpha value is -1.52. The van der Waals surface area contributed by atoms with E-state index in [9.17, 15) is 4.79 Å². The molecule has 106 valence electrons.